The number of carboxylic acids is 1. The van der Waals surface area contributed by atoms with Crippen molar-refractivity contribution in [1.82, 2.24) is 4.90 Å². The predicted molar refractivity (Wildman–Crippen MR) is 76.8 cm³/mol. The standard InChI is InChI=1S/C15H22N2O2/c1-11(2)17-9-7-12(8-10-17)16-14-6-4-3-5-13(14)15(18)19/h3-6,11-12,16H,7-10H2,1-2H3,(H,18,19). The van der Waals surface area contributed by atoms with Gasteiger partial charge in [-0.05, 0) is 38.8 Å². The summed E-state index contributed by atoms with van der Waals surface area (Å²) in [7, 11) is 0. The summed E-state index contributed by atoms with van der Waals surface area (Å²) in [4.78, 5) is 13.6. The third kappa shape index (κ3) is 3.47. The number of aromatic carboxylic acids is 1. The number of rotatable bonds is 4. The molecular formula is C15H22N2O2. The Bertz CT molecular complexity index is 438. The zero-order chi connectivity index (χ0) is 13.8. The van der Waals surface area contributed by atoms with E-state index in [1.165, 1.54) is 0 Å². The number of piperidine rings is 1. The van der Waals surface area contributed by atoms with Crippen LogP contribution in [0, 0.1) is 0 Å². The first-order valence-electron chi connectivity index (χ1n) is 6.91. The van der Waals surface area contributed by atoms with Crippen LogP contribution < -0.4 is 5.32 Å². The topological polar surface area (TPSA) is 52.6 Å². The highest BCUT2D eigenvalue weighted by atomic mass is 16.4. The van der Waals surface area contributed by atoms with E-state index in [0.717, 1.165) is 31.6 Å². The van der Waals surface area contributed by atoms with Crippen LogP contribution in [0.25, 0.3) is 0 Å². The number of likely N-dealkylation sites (tertiary alicyclic amines) is 1. The molecule has 1 aromatic carbocycles. The number of carbonyl (C=O) groups is 1. The predicted octanol–water partition coefficient (Wildman–Crippen LogP) is 2.67. The Morgan fingerprint density at radius 1 is 1.32 bits per heavy atom. The summed E-state index contributed by atoms with van der Waals surface area (Å²) in [5.41, 5.74) is 1.09. The molecule has 1 aliphatic heterocycles. The van der Waals surface area contributed by atoms with E-state index in [0.29, 0.717) is 17.6 Å². The van der Waals surface area contributed by atoms with Crippen LogP contribution in [0.4, 0.5) is 5.69 Å². The van der Waals surface area contributed by atoms with Crippen molar-refractivity contribution in [1.29, 1.82) is 0 Å². The minimum absolute atomic E-state index is 0.355. The van der Waals surface area contributed by atoms with Crippen molar-refractivity contribution in [2.24, 2.45) is 0 Å². The van der Waals surface area contributed by atoms with Gasteiger partial charge in [-0.15, -0.1) is 0 Å². The number of carboxylic acid groups (broad SMARTS) is 1. The first-order valence-corrected chi connectivity index (χ1v) is 6.91. The van der Waals surface area contributed by atoms with E-state index in [2.05, 4.69) is 24.1 Å². The van der Waals surface area contributed by atoms with Crippen LogP contribution in [0.15, 0.2) is 24.3 Å². The molecule has 2 rings (SSSR count). The van der Waals surface area contributed by atoms with Gasteiger partial charge >= 0.3 is 5.97 Å². The number of anilines is 1. The molecule has 0 bridgehead atoms. The zero-order valence-corrected chi connectivity index (χ0v) is 11.6. The van der Waals surface area contributed by atoms with Crippen molar-refractivity contribution in [2.75, 3.05) is 18.4 Å². The Morgan fingerprint density at radius 2 is 1.95 bits per heavy atom. The highest BCUT2D eigenvalue weighted by Crippen LogP contribution is 2.21. The molecule has 1 aromatic rings. The van der Waals surface area contributed by atoms with Crippen molar-refractivity contribution < 1.29 is 9.90 Å². The van der Waals surface area contributed by atoms with Crippen molar-refractivity contribution in [3.63, 3.8) is 0 Å². The fourth-order valence-corrected chi connectivity index (χ4v) is 2.58. The fraction of sp³-hybridized carbons (Fsp3) is 0.533. The Balaban J connectivity index is 1.98. The lowest BCUT2D eigenvalue weighted by Crippen LogP contribution is -2.42. The summed E-state index contributed by atoms with van der Waals surface area (Å²) in [6.45, 7) is 6.58. The van der Waals surface area contributed by atoms with Gasteiger partial charge in [0.2, 0.25) is 0 Å². The molecule has 4 heteroatoms. The summed E-state index contributed by atoms with van der Waals surface area (Å²) in [6, 6.07) is 8.09. The molecule has 0 radical (unpaired) electrons. The summed E-state index contributed by atoms with van der Waals surface area (Å²) in [5, 5.41) is 12.5. The van der Waals surface area contributed by atoms with E-state index in [1.807, 2.05) is 12.1 Å². The molecule has 0 spiro atoms. The number of benzene rings is 1. The maximum absolute atomic E-state index is 11.2. The van der Waals surface area contributed by atoms with Gasteiger partial charge in [-0.3, -0.25) is 0 Å². The molecule has 0 amide bonds. The molecule has 2 N–H and O–H groups in total. The lowest BCUT2D eigenvalue weighted by Gasteiger charge is -2.35. The van der Waals surface area contributed by atoms with Gasteiger partial charge in [0, 0.05) is 30.9 Å². The van der Waals surface area contributed by atoms with E-state index >= 15 is 0 Å². The third-order valence-corrected chi connectivity index (χ3v) is 3.78. The Kier molecular flexibility index (Phi) is 4.43. The first-order chi connectivity index (χ1) is 9.08. The van der Waals surface area contributed by atoms with Crippen LogP contribution in [-0.4, -0.2) is 41.1 Å². The fourth-order valence-electron chi connectivity index (χ4n) is 2.58. The van der Waals surface area contributed by atoms with Gasteiger partial charge in [-0.2, -0.15) is 0 Å². The third-order valence-electron chi connectivity index (χ3n) is 3.78. The second-order valence-electron chi connectivity index (χ2n) is 5.40. The molecule has 1 saturated heterocycles. The average molecular weight is 262 g/mol. The van der Waals surface area contributed by atoms with Crippen molar-refractivity contribution in [2.45, 2.75) is 38.8 Å². The smallest absolute Gasteiger partial charge is 0.337 e. The van der Waals surface area contributed by atoms with E-state index < -0.39 is 5.97 Å². The minimum atomic E-state index is -0.872. The van der Waals surface area contributed by atoms with Gasteiger partial charge in [0.05, 0.1) is 5.56 Å². The number of para-hydroxylation sites is 1. The lowest BCUT2D eigenvalue weighted by molar-refractivity contribution is 0.0698. The van der Waals surface area contributed by atoms with Gasteiger partial charge in [0.15, 0.2) is 0 Å². The second-order valence-corrected chi connectivity index (χ2v) is 5.40. The maximum Gasteiger partial charge on any atom is 0.337 e. The first kappa shape index (κ1) is 13.9. The van der Waals surface area contributed by atoms with E-state index in [-0.39, 0.29) is 0 Å². The van der Waals surface area contributed by atoms with E-state index in [1.54, 1.807) is 12.1 Å². The highest BCUT2D eigenvalue weighted by Gasteiger charge is 2.21. The normalized spacial score (nSPS) is 17.6. The number of nitrogens with one attached hydrogen (secondary N) is 1. The lowest BCUT2D eigenvalue weighted by atomic mass is 10.0. The maximum atomic E-state index is 11.2. The van der Waals surface area contributed by atoms with Gasteiger partial charge in [-0.1, -0.05) is 12.1 Å². The van der Waals surface area contributed by atoms with Crippen LogP contribution in [-0.2, 0) is 0 Å². The van der Waals surface area contributed by atoms with Crippen molar-refractivity contribution >= 4 is 11.7 Å². The summed E-state index contributed by atoms with van der Waals surface area (Å²) >= 11 is 0. The van der Waals surface area contributed by atoms with E-state index in [4.69, 9.17) is 5.11 Å². The zero-order valence-electron chi connectivity index (χ0n) is 11.6. The molecule has 104 valence electrons. The molecule has 0 unspecified atom stereocenters. The number of hydrogen-bond donors (Lipinski definition) is 2. The Hall–Kier alpha value is -1.55. The molecule has 1 aliphatic rings. The largest absolute Gasteiger partial charge is 0.478 e. The van der Waals surface area contributed by atoms with E-state index in [9.17, 15) is 4.79 Å². The molecule has 1 heterocycles. The Morgan fingerprint density at radius 3 is 2.53 bits per heavy atom. The summed E-state index contributed by atoms with van der Waals surface area (Å²) in [6.07, 6.45) is 2.12. The number of nitrogens with zero attached hydrogens (tertiary/aromatic N) is 1. The molecule has 4 nitrogen and oxygen atoms in total. The molecule has 0 aliphatic carbocycles. The monoisotopic (exact) mass is 262 g/mol. The van der Waals surface area contributed by atoms with Crippen LogP contribution in [0.3, 0.4) is 0 Å². The van der Waals surface area contributed by atoms with Gasteiger partial charge in [0.25, 0.3) is 0 Å². The quantitative estimate of drug-likeness (QED) is 0.876. The Labute approximate surface area is 114 Å². The van der Waals surface area contributed by atoms with Crippen LogP contribution >= 0.6 is 0 Å². The summed E-state index contributed by atoms with van der Waals surface area (Å²) < 4.78 is 0. The molecule has 19 heavy (non-hydrogen) atoms. The highest BCUT2D eigenvalue weighted by molar-refractivity contribution is 5.94. The van der Waals surface area contributed by atoms with Gasteiger partial charge in [0.1, 0.15) is 0 Å². The minimum Gasteiger partial charge on any atom is -0.478 e. The molecule has 0 aromatic heterocycles. The van der Waals surface area contributed by atoms with Gasteiger partial charge < -0.3 is 15.3 Å². The molecule has 0 atom stereocenters. The molecule has 0 saturated carbocycles. The van der Waals surface area contributed by atoms with Crippen molar-refractivity contribution in [3.05, 3.63) is 29.8 Å². The van der Waals surface area contributed by atoms with Crippen LogP contribution in [0.1, 0.15) is 37.0 Å². The SMILES string of the molecule is CC(C)N1CCC(Nc2ccccc2C(=O)O)CC1. The molecular weight excluding hydrogens is 240 g/mol. The van der Waals surface area contributed by atoms with Crippen LogP contribution in [0.2, 0.25) is 0 Å². The number of hydrogen-bond acceptors (Lipinski definition) is 3. The van der Waals surface area contributed by atoms with Crippen LogP contribution in [0.5, 0.6) is 0 Å². The van der Waals surface area contributed by atoms with Crippen molar-refractivity contribution in [3.8, 4) is 0 Å². The summed E-state index contributed by atoms with van der Waals surface area (Å²) in [5.74, 6) is -0.872. The molecule has 1 fully saturated rings. The van der Waals surface area contributed by atoms with Gasteiger partial charge in [-0.25, -0.2) is 4.79 Å². The average Bonchev–Trinajstić information content (AvgIpc) is 2.39. The second kappa shape index (κ2) is 6.06.